The number of rotatable bonds is 8. The Kier molecular flexibility index (Phi) is 10.9. The summed E-state index contributed by atoms with van der Waals surface area (Å²) in [5, 5.41) is 29.2. The van der Waals surface area contributed by atoms with Crippen molar-refractivity contribution in [3.63, 3.8) is 0 Å². The fourth-order valence-corrected chi connectivity index (χ4v) is 2.67. The Balaban J connectivity index is 0.00000529. The monoisotopic (exact) mass is 378 g/mol. The summed E-state index contributed by atoms with van der Waals surface area (Å²) >= 11 is 0. The molecule has 0 saturated carbocycles. The molecule has 10 nitrogen and oxygen atoms in total. The van der Waals surface area contributed by atoms with Crippen LogP contribution in [-0.4, -0.2) is 91.2 Å². The SMILES string of the molecule is C#COC(COC)COC1OC(CS(=O)(=O)[O-])[C@H](O)C(O)C1O.[Na+]. The van der Waals surface area contributed by atoms with Gasteiger partial charge in [-0.3, -0.25) is 0 Å². The summed E-state index contributed by atoms with van der Waals surface area (Å²) in [6.07, 6.45) is -1.99. The first-order valence-corrected chi connectivity index (χ1v) is 8.12. The van der Waals surface area contributed by atoms with E-state index < -0.39 is 52.7 Å². The number of hydrogen-bond acceptors (Lipinski definition) is 10. The number of methoxy groups -OCH3 is 1. The van der Waals surface area contributed by atoms with E-state index in [2.05, 4.69) is 0 Å². The van der Waals surface area contributed by atoms with E-state index in [1.807, 2.05) is 6.11 Å². The molecule has 5 unspecified atom stereocenters. The van der Waals surface area contributed by atoms with Gasteiger partial charge in [-0.25, -0.2) is 8.42 Å². The Morgan fingerprint density at radius 3 is 2.38 bits per heavy atom. The molecule has 1 rings (SSSR count). The average Bonchev–Trinajstić information content (AvgIpc) is 2.45. The van der Waals surface area contributed by atoms with Crippen molar-refractivity contribution in [2.75, 3.05) is 26.1 Å². The van der Waals surface area contributed by atoms with E-state index in [4.69, 9.17) is 25.4 Å². The maximum absolute atomic E-state index is 10.8. The quantitative estimate of drug-likeness (QED) is 0.211. The molecular weight excluding hydrogens is 359 g/mol. The van der Waals surface area contributed by atoms with Crippen molar-refractivity contribution < 1.29 is 76.8 Å². The van der Waals surface area contributed by atoms with Gasteiger partial charge in [-0.1, -0.05) is 6.42 Å². The summed E-state index contributed by atoms with van der Waals surface area (Å²) in [4.78, 5) is 0. The Morgan fingerprint density at radius 2 is 1.88 bits per heavy atom. The van der Waals surface area contributed by atoms with Gasteiger partial charge >= 0.3 is 29.6 Å². The van der Waals surface area contributed by atoms with E-state index in [1.165, 1.54) is 7.11 Å². The van der Waals surface area contributed by atoms with Crippen LogP contribution in [0.25, 0.3) is 0 Å². The van der Waals surface area contributed by atoms with Gasteiger partial charge in [0.15, 0.2) is 12.4 Å². The van der Waals surface area contributed by atoms with Crippen molar-refractivity contribution >= 4 is 10.1 Å². The summed E-state index contributed by atoms with van der Waals surface area (Å²) in [6.45, 7) is -0.143. The zero-order valence-electron chi connectivity index (χ0n) is 13.3. The molecule has 3 N–H and O–H groups in total. The first kappa shape index (κ1) is 24.0. The van der Waals surface area contributed by atoms with Crippen LogP contribution in [0.5, 0.6) is 0 Å². The normalized spacial score (nSPS) is 31.6. The van der Waals surface area contributed by atoms with E-state index in [0.29, 0.717) is 0 Å². The molecule has 0 aromatic carbocycles. The molecule has 6 atom stereocenters. The third kappa shape index (κ3) is 7.51. The largest absolute Gasteiger partial charge is 1.00 e. The van der Waals surface area contributed by atoms with Crippen LogP contribution in [-0.2, 0) is 29.1 Å². The van der Waals surface area contributed by atoms with E-state index in [9.17, 15) is 28.3 Å². The summed E-state index contributed by atoms with van der Waals surface area (Å²) in [5.41, 5.74) is 0. The van der Waals surface area contributed by atoms with Gasteiger partial charge in [-0.05, 0) is 0 Å². The maximum Gasteiger partial charge on any atom is 1.00 e. The van der Waals surface area contributed by atoms with Crippen LogP contribution in [0.3, 0.4) is 0 Å². The first-order chi connectivity index (χ1) is 10.7. The Morgan fingerprint density at radius 1 is 1.25 bits per heavy atom. The summed E-state index contributed by atoms with van der Waals surface area (Å²) in [6, 6.07) is 0. The molecule has 0 spiro atoms. The van der Waals surface area contributed by atoms with E-state index in [1.54, 1.807) is 0 Å². The van der Waals surface area contributed by atoms with Gasteiger partial charge < -0.3 is 38.8 Å². The van der Waals surface area contributed by atoms with Crippen molar-refractivity contribution in [2.24, 2.45) is 0 Å². The van der Waals surface area contributed by atoms with Gasteiger partial charge in [0, 0.05) is 7.11 Å². The van der Waals surface area contributed by atoms with Crippen LogP contribution in [0.2, 0.25) is 0 Å². The molecule has 0 aromatic heterocycles. The molecule has 0 aromatic rings. The third-order valence-electron chi connectivity index (χ3n) is 3.07. The van der Waals surface area contributed by atoms with Crippen LogP contribution in [0.15, 0.2) is 0 Å². The Hall–Kier alpha value is 0.0300. The molecule has 1 aliphatic rings. The molecule has 0 amide bonds. The number of hydrogen-bond donors (Lipinski definition) is 3. The molecule has 0 aliphatic carbocycles. The minimum atomic E-state index is -4.72. The van der Waals surface area contributed by atoms with Gasteiger partial charge in [0.2, 0.25) is 0 Å². The van der Waals surface area contributed by atoms with E-state index >= 15 is 0 Å². The fourth-order valence-electron chi connectivity index (χ4n) is 1.99. The first-order valence-electron chi connectivity index (χ1n) is 6.54. The van der Waals surface area contributed by atoms with Crippen molar-refractivity contribution in [1.82, 2.24) is 0 Å². The summed E-state index contributed by atoms with van der Waals surface area (Å²) < 4.78 is 52.3. The second-order valence-corrected chi connectivity index (χ2v) is 6.33. The Bertz CT molecular complexity index is 506. The van der Waals surface area contributed by atoms with Crippen LogP contribution in [0.4, 0.5) is 0 Å². The third-order valence-corrected chi connectivity index (χ3v) is 3.81. The number of terminal acetylenes is 1. The second-order valence-electron chi connectivity index (χ2n) is 4.89. The number of ether oxygens (including phenoxy) is 4. The molecule has 24 heavy (non-hydrogen) atoms. The van der Waals surface area contributed by atoms with E-state index in [0.717, 1.165) is 0 Å². The van der Waals surface area contributed by atoms with Gasteiger partial charge in [0.25, 0.3) is 0 Å². The zero-order valence-corrected chi connectivity index (χ0v) is 16.1. The van der Waals surface area contributed by atoms with Crippen molar-refractivity contribution in [3.8, 4) is 12.5 Å². The van der Waals surface area contributed by atoms with Crippen molar-refractivity contribution in [2.45, 2.75) is 36.8 Å². The van der Waals surface area contributed by atoms with Crippen LogP contribution in [0, 0.1) is 12.5 Å². The van der Waals surface area contributed by atoms with E-state index in [-0.39, 0.29) is 42.8 Å². The minimum Gasteiger partial charge on any atom is -0.748 e. The van der Waals surface area contributed by atoms with Crippen LogP contribution >= 0.6 is 0 Å². The van der Waals surface area contributed by atoms with Gasteiger partial charge in [0.1, 0.15) is 30.5 Å². The maximum atomic E-state index is 10.8. The Labute approximate surface area is 162 Å². The molecule has 1 heterocycles. The molecule has 0 radical (unpaired) electrons. The van der Waals surface area contributed by atoms with Gasteiger partial charge in [0.05, 0.1) is 29.1 Å². The zero-order chi connectivity index (χ0) is 17.6. The number of aliphatic hydroxyl groups is 3. The summed E-state index contributed by atoms with van der Waals surface area (Å²) in [5.74, 6) is -1.08. The van der Waals surface area contributed by atoms with Crippen molar-refractivity contribution in [1.29, 1.82) is 0 Å². The smallest absolute Gasteiger partial charge is 0.748 e. The molecule has 12 heteroatoms. The fraction of sp³-hybridized carbons (Fsp3) is 0.833. The van der Waals surface area contributed by atoms with Gasteiger partial charge in [-0.15, -0.1) is 0 Å². The molecule has 0 bridgehead atoms. The topological polar surface area (TPSA) is 155 Å². The predicted molar refractivity (Wildman–Crippen MR) is 72.8 cm³/mol. The number of aliphatic hydroxyl groups excluding tert-OH is 3. The molecule has 1 saturated heterocycles. The standard InChI is InChI=1S/C12H20O10S.Na/c1-3-20-7(4-19-2)5-21-12-11(15)10(14)9(13)8(22-12)6-23(16,17)18;/h1,7-15H,4-6H2,2H3,(H,16,17,18);/q;+1/p-1/t7?,8?,9-,10?,11?,12?;/m0./s1. The molecule has 1 fully saturated rings. The molecule has 1 aliphatic heterocycles. The van der Waals surface area contributed by atoms with Gasteiger partial charge in [-0.2, -0.15) is 0 Å². The predicted octanol–water partition coefficient (Wildman–Crippen LogP) is -6.02. The second kappa shape index (κ2) is 10.9. The summed E-state index contributed by atoms with van der Waals surface area (Å²) in [7, 11) is -3.33. The minimum absolute atomic E-state index is 0. The van der Waals surface area contributed by atoms with Crippen LogP contribution in [0.1, 0.15) is 0 Å². The average molecular weight is 378 g/mol. The molecule has 134 valence electrons. The molecular formula is C12H19NaO10S. The van der Waals surface area contributed by atoms with Crippen LogP contribution < -0.4 is 29.6 Å². The van der Waals surface area contributed by atoms with Crippen molar-refractivity contribution in [3.05, 3.63) is 0 Å².